The van der Waals surface area contributed by atoms with Crippen LogP contribution in [-0.2, 0) is 82.6 Å². The maximum atomic E-state index is 14.9. The normalized spacial score (nSPS) is 29.9. The van der Waals surface area contributed by atoms with Gasteiger partial charge in [-0.15, -0.1) is 0 Å². The number of ketones is 3. The Labute approximate surface area is 585 Å². The number of aliphatic hydroxyl groups is 4. The smallest absolute Gasteiger partial charge is 0.481 e. The van der Waals surface area contributed by atoms with Gasteiger partial charge in [-0.25, -0.2) is 9.36 Å². The van der Waals surface area contributed by atoms with Gasteiger partial charge in [-0.1, -0.05) is 70.9 Å². The molecule has 29 heteroatoms. The van der Waals surface area contributed by atoms with Crippen LogP contribution in [0, 0.1) is 53.3 Å². The van der Waals surface area contributed by atoms with E-state index in [0.717, 1.165) is 4.90 Å². The number of aliphatic hydroxyl groups excluding tert-OH is 3. The van der Waals surface area contributed by atoms with E-state index in [4.69, 9.17) is 23.7 Å². The summed E-state index contributed by atoms with van der Waals surface area (Å²) in [7, 11) is -2.14. The van der Waals surface area contributed by atoms with Crippen molar-refractivity contribution in [1.29, 1.82) is 0 Å². The van der Waals surface area contributed by atoms with E-state index in [1.807, 2.05) is 26.8 Å². The van der Waals surface area contributed by atoms with E-state index in [2.05, 4.69) is 15.2 Å². The molecule has 28 nitrogen and oxygen atoms in total. The summed E-state index contributed by atoms with van der Waals surface area (Å²) in [6, 6.07) is 1.86. The third kappa shape index (κ3) is 25.0. The molecule has 3 amide bonds. The molecule has 2 bridgehead atoms. The third-order valence-electron chi connectivity index (χ3n) is 20.4. The number of allylic oxidation sites excluding steroid dienone is 3. The predicted molar refractivity (Wildman–Crippen MR) is 360 cm³/mol. The van der Waals surface area contributed by atoms with E-state index < -0.39 is 202 Å². The molecule has 10 N–H and O–H groups in total. The van der Waals surface area contributed by atoms with Gasteiger partial charge in [-0.2, -0.15) is 0 Å². The van der Waals surface area contributed by atoms with Crippen LogP contribution >= 0.6 is 7.82 Å². The highest BCUT2D eigenvalue weighted by Gasteiger charge is 2.57. The fraction of sp³-hybridized carbons (Fsp3) is 0.718. The molecule has 1 saturated carbocycles. The van der Waals surface area contributed by atoms with Gasteiger partial charge in [0.15, 0.2) is 5.78 Å². The van der Waals surface area contributed by atoms with Gasteiger partial charge in [0.25, 0.3) is 11.7 Å². The van der Waals surface area contributed by atoms with Crippen molar-refractivity contribution in [3.05, 3.63) is 53.1 Å². The topological polar surface area (TPSA) is 432 Å². The molecule has 0 spiro atoms. The summed E-state index contributed by atoms with van der Waals surface area (Å²) in [6.45, 7) is 13.3. The number of phosphoric acid groups is 1. The van der Waals surface area contributed by atoms with E-state index in [1.165, 1.54) is 38.5 Å². The molecular weight excluding hydrogens is 1330 g/mol. The highest BCUT2D eigenvalue weighted by atomic mass is 31.2. The number of methoxy groups -OCH3 is 2. The summed E-state index contributed by atoms with van der Waals surface area (Å²) in [6.07, 6.45) is -3.36. The number of rotatable bonds is 29. The fourth-order valence-corrected chi connectivity index (χ4v) is 14.4. The molecule has 3 aliphatic heterocycles. The number of nitrogens with one attached hydrogen (secondary N) is 2. The Morgan fingerprint density at radius 1 is 0.830 bits per heavy atom. The van der Waals surface area contributed by atoms with Crippen molar-refractivity contribution in [3.63, 3.8) is 0 Å². The number of amides is 3. The molecule has 562 valence electrons. The minimum atomic E-state index is -5.00. The van der Waals surface area contributed by atoms with Gasteiger partial charge in [-0.05, 0) is 145 Å². The average molecular weight is 1430 g/mol. The van der Waals surface area contributed by atoms with Crippen LogP contribution in [0.1, 0.15) is 177 Å². The number of cyclic esters (lactones) is 1. The lowest BCUT2D eigenvalue weighted by Gasteiger charge is -2.47. The molecule has 0 aromatic heterocycles. The van der Waals surface area contributed by atoms with Crippen LogP contribution in [0.2, 0.25) is 0 Å². The number of hydrogen-bond donors (Lipinski definition) is 10. The van der Waals surface area contributed by atoms with Crippen LogP contribution in [-0.4, -0.2) is 199 Å². The third-order valence-corrected chi connectivity index (χ3v) is 20.9. The van der Waals surface area contributed by atoms with Crippen molar-refractivity contribution in [3.8, 4) is 5.75 Å². The second-order valence-electron chi connectivity index (χ2n) is 28.2. The Bertz CT molecular complexity index is 3080. The number of carbonyl (C=O) groups excluding carboxylic acids is 8. The molecule has 100 heavy (non-hydrogen) atoms. The highest BCUT2D eigenvalue weighted by molar-refractivity contribution is 7.46. The van der Waals surface area contributed by atoms with Crippen LogP contribution in [0.15, 0.2) is 47.6 Å². The number of hydrogen-bond acceptors (Lipinski definition) is 21. The highest BCUT2D eigenvalue weighted by Crippen LogP contribution is 2.41. The number of piperidine rings is 1. The van der Waals surface area contributed by atoms with Crippen molar-refractivity contribution < 1.29 is 121 Å². The number of benzene rings is 1. The zero-order chi connectivity index (χ0) is 74.5. The van der Waals surface area contributed by atoms with E-state index in [0.29, 0.717) is 61.7 Å². The molecule has 1 aromatic rings. The summed E-state index contributed by atoms with van der Waals surface area (Å²) in [4.78, 5) is 159. The van der Waals surface area contributed by atoms with Crippen LogP contribution in [0.5, 0.6) is 5.75 Å². The van der Waals surface area contributed by atoms with Crippen molar-refractivity contribution >= 4 is 66.8 Å². The standard InChI is InChI=1S/C71H108N3O25P/c1-11-41(4)45(8)72-67(86)49(18-23-61(80)81)35-58(79)53(21-24-62(82)83)73-68(87)50(33-46-15-19-52(20-16-46)99-100(91,92)93)36-63(84)96-27-25-48-29-39(2)28-40(3)30-59(94-9)65-60(95-10)32-43(6)71(90,98-65)66(85)69(88)74-26-13-12-14-54(74)70(89)97-64(44(7)56(77)37-57(48)78)42(5)31-47-17-22-55(76)51(34-47)38-75/h15-16,19-20,29,31,40-41,43-45,47-51,53-56,59-60,64-65,75-77,90H,11-14,17-18,21-28,30,32-38H2,1-10H3,(H,72,86)(H,73,87)(H,80,81)(H,82,83)(H2,91,92,93)/b39-29+,42-31+/t40-,41?,43+,44+,45-,47-,48+,49-,50-,51-,53+,54-,55+,56-,59-,60-,64?,65+,71+/m0/s1. The van der Waals surface area contributed by atoms with Crippen LogP contribution in [0.4, 0.5) is 0 Å². The van der Waals surface area contributed by atoms with E-state index in [1.54, 1.807) is 40.7 Å². The minimum absolute atomic E-state index is 0.00535. The monoisotopic (exact) mass is 1430 g/mol. The molecule has 2 unspecified atom stereocenters. The molecule has 2 saturated heterocycles. The number of ether oxygens (including phenoxy) is 5. The largest absolute Gasteiger partial charge is 0.524 e. The summed E-state index contributed by atoms with van der Waals surface area (Å²) in [5, 5.41) is 70.0. The van der Waals surface area contributed by atoms with Crippen molar-refractivity contribution in [1.82, 2.24) is 15.5 Å². The van der Waals surface area contributed by atoms with Crippen LogP contribution < -0.4 is 15.2 Å². The van der Waals surface area contributed by atoms with Gasteiger partial charge in [0, 0.05) is 88.7 Å². The summed E-state index contributed by atoms with van der Waals surface area (Å²) >= 11 is 0. The van der Waals surface area contributed by atoms with Gasteiger partial charge in [0.05, 0.1) is 49.4 Å². The van der Waals surface area contributed by atoms with Crippen molar-refractivity contribution in [2.75, 3.05) is 34.0 Å². The Morgan fingerprint density at radius 2 is 1.47 bits per heavy atom. The number of aliphatic carboxylic acids is 2. The number of carboxylic acid groups (broad SMARTS) is 2. The first-order chi connectivity index (χ1) is 47.0. The van der Waals surface area contributed by atoms with Crippen molar-refractivity contribution in [2.45, 2.75) is 238 Å². The SMILES string of the molecule is CCC(C)[C@H](C)NC(=O)[C@@H](CCC(=O)O)CC(=O)[C@@H](CCC(=O)O)NC(=O)[C@H](CC(=O)OCC[C@@H]1/C=C(\C)C[C@H](C)C[C@H](OC)[C@H]2O[C@@](O)(C(=O)C(=O)N3CCCC[C@H]3C(=O)OC(/C(C)=C/[C@@H]3CC[C@@H](O)[C@H](CO)C3)[C@H](C)[C@@H](O)CC1=O)[C@H](C)C[C@@H]2OC)Cc1ccc(OP(=O)(O)O)cc1. The van der Waals surface area contributed by atoms with Crippen LogP contribution in [0.3, 0.4) is 0 Å². The first kappa shape index (κ1) is 84.3. The van der Waals surface area contributed by atoms with E-state index in [9.17, 15) is 92.9 Å². The molecular formula is C71H108N3O25P. The van der Waals surface area contributed by atoms with Gasteiger partial charge in [0.2, 0.25) is 17.6 Å². The average Bonchev–Trinajstić information content (AvgIpc) is 0.770. The summed E-state index contributed by atoms with van der Waals surface area (Å²) < 4.78 is 46.6. The Kier molecular flexibility index (Phi) is 33.2. The van der Waals surface area contributed by atoms with Crippen molar-refractivity contribution in [2.24, 2.45) is 53.3 Å². The number of nitrogens with zero attached hydrogens (tertiary/aromatic N) is 1. The maximum absolute atomic E-state index is 14.9. The number of Topliss-reactive ketones (excluding diaryl/α,β-unsaturated/α-hetero) is 3. The van der Waals surface area contributed by atoms with E-state index in [-0.39, 0.29) is 81.2 Å². The first-order valence-corrected chi connectivity index (χ1v) is 36.5. The van der Waals surface area contributed by atoms with Gasteiger partial charge >= 0.3 is 31.7 Å². The second-order valence-corrected chi connectivity index (χ2v) is 29.4. The second kappa shape index (κ2) is 39.4. The molecule has 0 radical (unpaired) electrons. The number of phosphoric ester groups is 1. The number of esters is 2. The summed E-state index contributed by atoms with van der Waals surface area (Å²) in [5.74, 6) is -19.4. The molecule has 1 aromatic carbocycles. The first-order valence-electron chi connectivity index (χ1n) is 35.0. The van der Waals surface area contributed by atoms with Crippen LogP contribution in [0.25, 0.3) is 0 Å². The Morgan fingerprint density at radius 3 is 2.09 bits per heavy atom. The van der Waals surface area contributed by atoms with Gasteiger partial charge in [0.1, 0.15) is 29.8 Å². The number of carboxylic acids is 2. The molecule has 3 heterocycles. The molecule has 3 fully saturated rings. The zero-order valence-electron chi connectivity index (χ0n) is 59.3. The lowest BCUT2D eigenvalue weighted by molar-refractivity contribution is -0.302. The molecule has 5 rings (SSSR count). The summed E-state index contributed by atoms with van der Waals surface area (Å²) in [5.41, 5.74) is 1.44. The van der Waals surface area contributed by atoms with E-state index >= 15 is 0 Å². The number of fused-ring (bicyclic) bond motifs is 3. The molecule has 4 aliphatic rings. The zero-order valence-corrected chi connectivity index (χ0v) is 60.2. The fourth-order valence-electron chi connectivity index (χ4n) is 14.0. The minimum Gasteiger partial charge on any atom is -0.481 e. The molecule has 19 atom stereocenters. The quantitative estimate of drug-likeness (QED) is 0.0200. The lowest BCUT2D eigenvalue weighted by Crippen LogP contribution is -2.64. The molecule has 1 aliphatic carbocycles. The Balaban J connectivity index is 1.51. The Hall–Kier alpha value is -6.33. The van der Waals surface area contributed by atoms with Gasteiger partial charge in [-0.3, -0.25) is 52.9 Å². The predicted octanol–water partition coefficient (Wildman–Crippen LogP) is 5.65. The maximum Gasteiger partial charge on any atom is 0.524 e. The lowest BCUT2D eigenvalue weighted by atomic mass is 9.78. The number of carbonyl (C=O) groups is 10. The van der Waals surface area contributed by atoms with Gasteiger partial charge < -0.3 is 74.4 Å².